The maximum atomic E-state index is 13.2. The molecular weight excluding hydrogens is 481 g/mol. The average Bonchev–Trinajstić information content (AvgIpc) is 2.86. The van der Waals surface area contributed by atoms with Crippen LogP contribution in [0.1, 0.15) is 53.8 Å². The van der Waals surface area contributed by atoms with Gasteiger partial charge < -0.3 is 10.4 Å². The van der Waals surface area contributed by atoms with Gasteiger partial charge in [-0.05, 0) is 74.2 Å². The zero-order chi connectivity index (χ0) is 25.7. The van der Waals surface area contributed by atoms with Crippen molar-refractivity contribution in [3.05, 3.63) is 94.4 Å². The third kappa shape index (κ3) is 6.23. The summed E-state index contributed by atoms with van der Waals surface area (Å²) in [6, 6.07) is 18.2. The highest BCUT2D eigenvalue weighted by atomic mass is 35.5. The van der Waals surface area contributed by atoms with Crippen molar-refractivity contribution in [2.24, 2.45) is 0 Å². The first-order valence-electron chi connectivity index (χ1n) is 11.6. The molecule has 2 N–H and O–H groups in total. The Morgan fingerprint density at radius 2 is 1.69 bits per heavy atom. The van der Waals surface area contributed by atoms with E-state index in [1.165, 1.54) is 12.1 Å². The molecule has 6 nitrogen and oxygen atoms in total. The second-order valence-electron chi connectivity index (χ2n) is 8.58. The quantitative estimate of drug-likeness (QED) is 0.257. The molecule has 1 amide bonds. The van der Waals surface area contributed by atoms with Crippen LogP contribution in [0.3, 0.4) is 0 Å². The fourth-order valence-corrected chi connectivity index (χ4v) is 4.05. The van der Waals surface area contributed by atoms with Gasteiger partial charge in [0.2, 0.25) is 0 Å². The Kier molecular flexibility index (Phi) is 7.90. The van der Waals surface area contributed by atoms with Gasteiger partial charge in [-0.25, -0.2) is 14.4 Å². The van der Waals surface area contributed by atoms with E-state index in [2.05, 4.69) is 5.32 Å². The second-order valence-corrected chi connectivity index (χ2v) is 9.01. The van der Waals surface area contributed by atoms with Gasteiger partial charge in [-0.3, -0.25) is 9.59 Å². The summed E-state index contributed by atoms with van der Waals surface area (Å²) in [5.74, 6) is -1.44. The van der Waals surface area contributed by atoms with Crippen LogP contribution in [0.15, 0.2) is 66.7 Å². The molecule has 3 aromatic carbocycles. The van der Waals surface area contributed by atoms with Gasteiger partial charge >= 0.3 is 5.97 Å². The smallest absolute Gasteiger partial charge is 0.303 e. The van der Waals surface area contributed by atoms with Crippen LogP contribution in [0.5, 0.6) is 0 Å². The largest absolute Gasteiger partial charge is 0.481 e. The van der Waals surface area contributed by atoms with Crippen molar-refractivity contribution in [2.45, 2.75) is 38.6 Å². The lowest BCUT2D eigenvalue weighted by Crippen LogP contribution is -2.26. The summed E-state index contributed by atoms with van der Waals surface area (Å²) in [7, 11) is 0. The standard InChI is InChI=1S/C28H25ClFN3O3/c1-17(18-8-13-22(30)14-9-18)31-28(36)20-10-15-23-25(16-20)32-24(4-2-3-5-26(34)35)27(33-23)19-6-11-21(29)12-7-19/h6-17H,2-5H2,1H3,(H,31,36)(H,34,35). The molecule has 8 heteroatoms. The topological polar surface area (TPSA) is 92.2 Å². The number of benzene rings is 3. The van der Waals surface area contributed by atoms with Crippen molar-refractivity contribution >= 4 is 34.5 Å². The highest BCUT2D eigenvalue weighted by molar-refractivity contribution is 6.30. The normalized spacial score (nSPS) is 11.9. The summed E-state index contributed by atoms with van der Waals surface area (Å²) in [4.78, 5) is 33.4. The molecule has 184 valence electrons. The Morgan fingerprint density at radius 1 is 0.972 bits per heavy atom. The van der Waals surface area contributed by atoms with Gasteiger partial charge in [0.1, 0.15) is 5.82 Å². The van der Waals surface area contributed by atoms with Crippen LogP contribution in [0.25, 0.3) is 22.3 Å². The Morgan fingerprint density at radius 3 is 2.39 bits per heavy atom. The fourth-order valence-electron chi connectivity index (χ4n) is 3.93. The molecule has 36 heavy (non-hydrogen) atoms. The van der Waals surface area contributed by atoms with Gasteiger partial charge in [-0.2, -0.15) is 0 Å². The van der Waals surface area contributed by atoms with E-state index in [9.17, 15) is 14.0 Å². The number of carboxylic acid groups (broad SMARTS) is 1. The number of halogens is 2. The molecule has 0 radical (unpaired) electrons. The zero-order valence-electron chi connectivity index (χ0n) is 19.7. The number of rotatable bonds is 9. The molecule has 4 aromatic rings. The second kappa shape index (κ2) is 11.3. The zero-order valence-corrected chi connectivity index (χ0v) is 20.4. The van der Waals surface area contributed by atoms with Crippen LogP contribution in [-0.4, -0.2) is 27.0 Å². The van der Waals surface area contributed by atoms with Crippen molar-refractivity contribution in [1.82, 2.24) is 15.3 Å². The lowest BCUT2D eigenvalue weighted by Gasteiger charge is -2.15. The Labute approximate surface area is 213 Å². The Hall–Kier alpha value is -3.84. The Bertz CT molecular complexity index is 1390. The first kappa shape index (κ1) is 25.3. The van der Waals surface area contributed by atoms with Crippen molar-refractivity contribution in [3.63, 3.8) is 0 Å². The third-order valence-electron chi connectivity index (χ3n) is 5.89. The molecule has 0 aliphatic carbocycles. The van der Waals surface area contributed by atoms with Gasteiger partial charge in [0.25, 0.3) is 5.91 Å². The molecule has 0 fully saturated rings. The van der Waals surface area contributed by atoms with E-state index >= 15 is 0 Å². The van der Waals surface area contributed by atoms with Crippen LogP contribution >= 0.6 is 11.6 Å². The van der Waals surface area contributed by atoms with E-state index in [0.717, 1.165) is 16.8 Å². The predicted molar refractivity (Wildman–Crippen MR) is 137 cm³/mol. The summed E-state index contributed by atoms with van der Waals surface area (Å²) in [5, 5.41) is 12.5. The summed E-state index contributed by atoms with van der Waals surface area (Å²) < 4.78 is 13.2. The van der Waals surface area contributed by atoms with Crippen LogP contribution < -0.4 is 5.32 Å². The number of hydrogen-bond acceptors (Lipinski definition) is 4. The number of aromatic nitrogens is 2. The molecule has 1 heterocycles. The van der Waals surface area contributed by atoms with Gasteiger partial charge in [-0.1, -0.05) is 35.9 Å². The number of hydrogen-bond donors (Lipinski definition) is 2. The monoisotopic (exact) mass is 505 g/mol. The number of nitrogens with one attached hydrogen (secondary N) is 1. The third-order valence-corrected chi connectivity index (χ3v) is 6.14. The summed E-state index contributed by atoms with van der Waals surface area (Å²) in [5.41, 5.74) is 4.73. The Balaban J connectivity index is 1.62. The number of carboxylic acids is 1. The number of amides is 1. The molecule has 4 rings (SSSR count). The van der Waals surface area contributed by atoms with Crippen molar-refractivity contribution < 1.29 is 19.1 Å². The van der Waals surface area contributed by atoms with Crippen molar-refractivity contribution in [1.29, 1.82) is 0 Å². The molecule has 1 aromatic heterocycles. The molecule has 0 bridgehead atoms. The molecule has 0 saturated heterocycles. The van der Waals surface area contributed by atoms with E-state index in [0.29, 0.717) is 46.6 Å². The minimum Gasteiger partial charge on any atom is -0.481 e. The van der Waals surface area contributed by atoms with Crippen molar-refractivity contribution in [2.75, 3.05) is 0 Å². The number of fused-ring (bicyclic) bond motifs is 1. The first-order valence-corrected chi connectivity index (χ1v) is 12.0. The van der Waals surface area contributed by atoms with Gasteiger partial charge in [-0.15, -0.1) is 0 Å². The highest BCUT2D eigenvalue weighted by Crippen LogP contribution is 2.27. The van der Waals surface area contributed by atoms with E-state index in [1.54, 1.807) is 42.5 Å². The molecular formula is C28H25ClFN3O3. The fraction of sp³-hybridized carbons (Fsp3) is 0.214. The van der Waals surface area contributed by atoms with E-state index < -0.39 is 5.97 Å². The van der Waals surface area contributed by atoms with Gasteiger partial charge in [0, 0.05) is 22.6 Å². The summed E-state index contributed by atoms with van der Waals surface area (Å²) in [6.07, 6.45) is 1.81. The number of unbranched alkanes of at least 4 members (excludes halogenated alkanes) is 1. The highest BCUT2D eigenvalue weighted by Gasteiger charge is 2.16. The number of carbonyl (C=O) groups excluding carboxylic acids is 1. The lowest BCUT2D eigenvalue weighted by atomic mass is 10.0. The van der Waals surface area contributed by atoms with Gasteiger partial charge in [0.15, 0.2) is 0 Å². The van der Waals surface area contributed by atoms with Crippen LogP contribution in [0.2, 0.25) is 5.02 Å². The molecule has 0 aliphatic rings. The predicted octanol–water partition coefficient (Wildman–Crippen LogP) is 6.38. The number of aryl methyl sites for hydroxylation is 1. The van der Waals surface area contributed by atoms with Crippen LogP contribution in [0, 0.1) is 5.82 Å². The SMILES string of the molecule is CC(NC(=O)c1ccc2nc(-c3ccc(Cl)cc3)c(CCCCC(=O)O)nc2c1)c1ccc(F)cc1. The minimum absolute atomic E-state index is 0.0911. The average molecular weight is 506 g/mol. The molecule has 0 saturated carbocycles. The van der Waals surface area contributed by atoms with Crippen LogP contribution in [-0.2, 0) is 11.2 Å². The van der Waals surface area contributed by atoms with Crippen molar-refractivity contribution in [3.8, 4) is 11.3 Å². The summed E-state index contributed by atoms with van der Waals surface area (Å²) in [6.45, 7) is 1.83. The molecule has 1 unspecified atom stereocenters. The lowest BCUT2D eigenvalue weighted by molar-refractivity contribution is -0.137. The van der Waals surface area contributed by atoms with Crippen LogP contribution in [0.4, 0.5) is 4.39 Å². The van der Waals surface area contributed by atoms with E-state index in [-0.39, 0.29) is 24.2 Å². The molecule has 1 atom stereocenters. The number of carbonyl (C=O) groups is 2. The number of nitrogens with zero attached hydrogens (tertiary/aromatic N) is 2. The van der Waals surface area contributed by atoms with Gasteiger partial charge in [0.05, 0.1) is 28.5 Å². The molecule has 0 spiro atoms. The minimum atomic E-state index is -0.831. The maximum Gasteiger partial charge on any atom is 0.303 e. The number of aliphatic carboxylic acids is 1. The van der Waals surface area contributed by atoms with E-state index in [1.807, 2.05) is 19.1 Å². The maximum absolute atomic E-state index is 13.2. The molecule has 0 aliphatic heterocycles. The van der Waals surface area contributed by atoms with E-state index in [4.69, 9.17) is 26.7 Å². The first-order chi connectivity index (χ1) is 17.3. The summed E-state index contributed by atoms with van der Waals surface area (Å²) >= 11 is 6.05.